The van der Waals surface area contributed by atoms with Crippen molar-refractivity contribution in [2.45, 2.75) is 11.1 Å². The Balaban J connectivity index is 1.68. The maximum Gasteiger partial charge on any atom is 0.435 e. The molecule has 184 valence electrons. The van der Waals surface area contributed by atoms with E-state index >= 15 is 0 Å². The van der Waals surface area contributed by atoms with Gasteiger partial charge >= 0.3 is 6.18 Å². The highest BCUT2D eigenvalue weighted by Gasteiger charge is 2.36. The largest absolute Gasteiger partial charge is 0.435 e. The molecular weight excluding hydrogens is 504 g/mol. The van der Waals surface area contributed by atoms with E-state index < -0.39 is 29.3 Å². The fraction of sp³-hybridized carbons (Fsp3) is 0.0741. The topological polar surface area (TPSA) is 63.6 Å². The van der Waals surface area contributed by atoms with Crippen molar-refractivity contribution in [3.63, 3.8) is 0 Å². The molecule has 5 aromatic rings. The zero-order chi connectivity index (χ0) is 26.3. The predicted octanol–water partition coefficient (Wildman–Crippen LogP) is 6.93. The van der Waals surface area contributed by atoms with E-state index in [1.54, 1.807) is 36.0 Å². The Morgan fingerprint density at radius 3 is 2.49 bits per heavy atom. The molecular formula is C27H16F4N4OS. The molecule has 0 bridgehead atoms. The quantitative estimate of drug-likeness (QED) is 0.190. The zero-order valence-electron chi connectivity index (χ0n) is 19.1. The van der Waals surface area contributed by atoms with Gasteiger partial charge in [-0.2, -0.15) is 23.5 Å². The molecule has 0 saturated heterocycles. The normalized spacial score (nSPS) is 11.6. The van der Waals surface area contributed by atoms with E-state index in [0.717, 1.165) is 44.3 Å². The molecule has 10 heteroatoms. The van der Waals surface area contributed by atoms with Gasteiger partial charge in [-0.25, -0.2) is 9.07 Å². The minimum Gasteiger partial charge on any atom is -0.282 e. The van der Waals surface area contributed by atoms with Gasteiger partial charge in [-0.3, -0.25) is 9.36 Å². The standard InChI is InChI=1S/C27H16F4N4OS/c1-37-24-8-3-2-5-20(24)18-6-4-7-22-19(18)11-12-34(22)26(36)23-14-25(27(29,30)31)33-35(23)17-9-10-21(28)16(13-17)15-32/h2-14H,1H3. The monoisotopic (exact) mass is 520 g/mol. The van der Waals surface area contributed by atoms with E-state index in [-0.39, 0.29) is 11.3 Å². The Kier molecular flexibility index (Phi) is 6.09. The predicted molar refractivity (Wildman–Crippen MR) is 132 cm³/mol. The van der Waals surface area contributed by atoms with Crippen molar-refractivity contribution in [2.75, 3.05) is 6.26 Å². The molecule has 0 unspecified atom stereocenters. The van der Waals surface area contributed by atoms with Gasteiger partial charge in [-0.15, -0.1) is 11.8 Å². The molecule has 0 spiro atoms. The molecule has 0 atom stereocenters. The van der Waals surface area contributed by atoms with Crippen LogP contribution in [0.25, 0.3) is 27.7 Å². The minimum absolute atomic E-state index is 0.0529. The number of aromatic nitrogens is 3. The lowest BCUT2D eigenvalue weighted by Gasteiger charge is -2.11. The number of thioether (sulfide) groups is 1. The molecule has 0 aliphatic rings. The van der Waals surface area contributed by atoms with Crippen LogP contribution in [0.5, 0.6) is 0 Å². The number of hydrogen-bond acceptors (Lipinski definition) is 4. The van der Waals surface area contributed by atoms with Crippen LogP contribution in [-0.4, -0.2) is 26.5 Å². The maximum absolute atomic E-state index is 13.9. The molecule has 5 rings (SSSR count). The summed E-state index contributed by atoms with van der Waals surface area (Å²) in [6.07, 6.45) is -1.37. The van der Waals surface area contributed by atoms with Crippen LogP contribution in [0.4, 0.5) is 17.6 Å². The van der Waals surface area contributed by atoms with Crippen molar-refractivity contribution < 1.29 is 22.4 Å². The molecule has 5 nitrogen and oxygen atoms in total. The smallest absolute Gasteiger partial charge is 0.282 e. The van der Waals surface area contributed by atoms with Crippen molar-refractivity contribution >= 4 is 28.6 Å². The fourth-order valence-corrected chi connectivity index (χ4v) is 4.78. The van der Waals surface area contributed by atoms with Crippen LogP contribution < -0.4 is 0 Å². The molecule has 0 N–H and O–H groups in total. The number of carbonyl (C=O) groups is 1. The Hall–Kier alpha value is -4.36. The van der Waals surface area contributed by atoms with E-state index in [4.69, 9.17) is 5.26 Å². The van der Waals surface area contributed by atoms with Crippen molar-refractivity contribution in [1.29, 1.82) is 5.26 Å². The Morgan fingerprint density at radius 2 is 1.76 bits per heavy atom. The van der Waals surface area contributed by atoms with Crippen LogP contribution >= 0.6 is 11.8 Å². The number of hydrogen-bond donors (Lipinski definition) is 0. The number of nitriles is 1. The van der Waals surface area contributed by atoms with Crippen molar-refractivity contribution in [3.05, 3.63) is 102 Å². The van der Waals surface area contributed by atoms with Crippen molar-refractivity contribution in [3.8, 4) is 22.9 Å². The van der Waals surface area contributed by atoms with E-state index in [9.17, 15) is 22.4 Å². The Morgan fingerprint density at radius 1 is 1.00 bits per heavy atom. The van der Waals surface area contributed by atoms with Gasteiger partial charge in [0.2, 0.25) is 0 Å². The van der Waals surface area contributed by atoms with E-state index in [1.807, 2.05) is 36.6 Å². The molecule has 2 heterocycles. The second-order valence-corrected chi connectivity index (χ2v) is 8.88. The molecule has 0 amide bonds. The Labute approximate surface area is 212 Å². The first-order valence-electron chi connectivity index (χ1n) is 10.9. The summed E-state index contributed by atoms with van der Waals surface area (Å²) in [4.78, 5) is 14.7. The summed E-state index contributed by atoms with van der Waals surface area (Å²) >= 11 is 1.58. The highest BCUT2D eigenvalue weighted by molar-refractivity contribution is 7.98. The summed E-state index contributed by atoms with van der Waals surface area (Å²) in [5.74, 6) is -1.60. The number of halogens is 4. The van der Waals surface area contributed by atoms with Crippen LogP contribution in [0.3, 0.4) is 0 Å². The summed E-state index contributed by atoms with van der Waals surface area (Å²) < 4.78 is 56.6. The van der Waals surface area contributed by atoms with Crippen LogP contribution in [0, 0.1) is 17.1 Å². The second-order valence-electron chi connectivity index (χ2n) is 8.03. The van der Waals surface area contributed by atoms with E-state index in [0.29, 0.717) is 11.6 Å². The van der Waals surface area contributed by atoms with Gasteiger partial charge in [0, 0.05) is 22.5 Å². The molecule has 0 aliphatic heterocycles. The molecule has 2 aromatic heterocycles. The molecule has 0 radical (unpaired) electrons. The number of alkyl halides is 3. The average Bonchev–Trinajstić information content (AvgIpc) is 3.54. The average molecular weight is 521 g/mol. The molecule has 0 saturated carbocycles. The number of fused-ring (bicyclic) bond motifs is 1. The summed E-state index contributed by atoms with van der Waals surface area (Å²) in [6.45, 7) is 0. The Bertz CT molecular complexity index is 1710. The maximum atomic E-state index is 13.9. The van der Waals surface area contributed by atoms with Gasteiger partial charge in [0.15, 0.2) is 5.69 Å². The third-order valence-electron chi connectivity index (χ3n) is 5.88. The number of rotatable bonds is 4. The van der Waals surface area contributed by atoms with Crippen LogP contribution in [0.1, 0.15) is 21.7 Å². The SMILES string of the molecule is CSc1ccccc1-c1cccc2c1ccn2C(=O)c1cc(C(F)(F)F)nn1-c1ccc(F)c(C#N)c1. The van der Waals surface area contributed by atoms with Crippen LogP contribution in [-0.2, 0) is 6.18 Å². The summed E-state index contributed by atoms with van der Waals surface area (Å²) in [5, 5.41) is 13.5. The fourth-order valence-electron chi connectivity index (χ4n) is 4.17. The lowest BCUT2D eigenvalue weighted by Crippen LogP contribution is -2.16. The summed E-state index contributed by atoms with van der Waals surface area (Å²) in [6, 6.07) is 20.3. The van der Waals surface area contributed by atoms with Gasteiger partial charge < -0.3 is 0 Å². The van der Waals surface area contributed by atoms with Crippen LogP contribution in [0.2, 0.25) is 0 Å². The van der Waals surface area contributed by atoms with Gasteiger partial charge in [0.1, 0.15) is 17.6 Å². The lowest BCUT2D eigenvalue weighted by molar-refractivity contribution is -0.141. The van der Waals surface area contributed by atoms with Gasteiger partial charge in [-0.05, 0) is 53.8 Å². The van der Waals surface area contributed by atoms with E-state index in [2.05, 4.69) is 5.10 Å². The third-order valence-corrected chi connectivity index (χ3v) is 6.68. The van der Waals surface area contributed by atoms with E-state index in [1.165, 1.54) is 10.8 Å². The van der Waals surface area contributed by atoms with Crippen molar-refractivity contribution in [1.82, 2.24) is 14.3 Å². The van der Waals surface area contributed by atoms with Gasteiger partial charge in [0.25, 0.3) is 5.91 Å². The van der Waals surface area contributed by atoms with Gasteiger partial charge in [-0.1, -0.05) is 30.3 Å². The number of benzene rings is 3. The first-order valence-corrected chi connectivity index (χ1v) is 12.1. The molecule has 37 heavy (non-hydrogen) atoms. The molecule has 3 aromatic carbocycles. The lowest BCUT2D eigenvalue weighted by atomic mass is 10.0. The summed E-state index contributed by atoms with van der Waals surface area (Å²) in [7, 11) is 0. The van der Waals surface area contributed by atoms with Crippen molar-refractivity contribution in [2.24, 2.45) is 0 Å². The number of nitrogens with zero attached hydrogens (tertiary/aromatic N) is 4. The molecule has 0 fully saturated rings. The number of carbonyl (C=O) groups excluding carboxylic acids is 1. The first-order chi connectivity index (χ1) is 17.7. The zero-order valence-corrected chi connectivity index (χ0v) is 19.9. The third kappa shape index (κ3) is 4.27. The van der Waals surface area contributed by atoms with Gasteiger partial charge in [0.05, 0.1) is 16.8 Å². The highest BCUT2D eigenvalue weighted by atomic mass is 32.2. The van der Waals surface area contributed by atoms with Crippen LogP contribution in [0.15, 0.2) is 83.9 Å². The minimum atomic E-state index is -4.83. The molecule has 0 aliphatic carbocycles. The second kappa shape index (κ2) is 9.26. The highest BCUT2D eigenvalue weighted by Crippen LogP contribution is 2.36. The first kappa shape index (κ1) is 24.3. The summed E-state index contributed by atoms with van der Waals surface area (Å²) in [5.41, 5.74) is 0.212.